The number of nitrogens with one attached hydrogen (secondary N) is 1. The maximum Gasteiger partial charge on any atom is 0.252 e. The molecule has 1 atom stereocenters. The molecule has 0 radical (unpaired) electrons. The summed E-state index contributed by atoms with van der Waals surface area (Å²) in [5.41, 5.74) is 1.23. The maximum absolute atomic E-state index is 12.7. The van der Waals surface area contributed by atoms with Crippen LogP contribution < -0.4 is 0 Å². The molecule has 0 saturated carbocycles. The van der Waals surface area contributed by atoms with Gasteiger partial charge in [-0.25, -0.2) is 4.98 Å². The standard InChI is InChI=1S/C17H21N3O2/c21-17(15-7-4-12-22-15)20(13-16-18-9-10-19-16)11-8-14-5-2-1-3-6-14/h1-3,5-6,9-10,15H,4,7-8,11-13H2,(H,18,19). The van der Waals surface area contributed by atoms with E-state index in [-0.39, 0.29) is 12.0 Å². The van der Waals surface area contributed by atoms with Crippen LogP contribution in [-0.2, 0) is 22.5 Å². The van der Waals surface area contributed by atoms with E-state index in [0.717, 1.165) is 25.1 Å². The summed E-state index contributed by atoms with van der Waals surface area (Å²) < 4.78 is 5.55. The molecule has 1 aromatic heterocycles. The van der Waals surface area contributed by atoms with E-state index in [4.69, 9.17) is 4.74 Å². The molecule has 1 aliphatic rings. The van der Waals surface area contributed by atoms with Gasteiger partial charge in [0, 0.05) is 25.5 Å². The number of carbonyl (C=O) groups excluding carboxylic acids is 1. The van der Waals surface area contributed by atoms with Gasteiger partial charge in [-0.15, -0.1) is 0 Å². The fraction of sp³-hybridized carbons (Fsp3) is 0.412. The summed E-state index contributed by atoms with van der Waals surface area (Å²) in [5.74, 6) is 0.879. The van der Waals surface area contributed by atoms with Gasteiger partial charge in [-0.2, -0.15) is 0 Å². The summed E-state index contributed by atoms with van der Waals surface area (Å²) in [5, 5.41) is 0. The molecule has 1 fully saturated rings. The van der Waals surface area contributed by atoms with Crippen LogP contribution in [0.3, 0.4) is 0 Å². The first-order chi connectivity index (χ1) is 10.8. The van der Waals surface area contributed by atoms with E-state index in [2.05, 4.69) is 22.1 Å². The molecule has 1 N–H and O–H groups in total. The van der Waals surface area contributed by atoms with Crippen LogP contribution >= 0.6 is 0 Å². The molecule has 1 saturated heterocycles. The topological polar surface area (TPSA) is 58.2 Å². The minimum atomic E-state index is -0.286. The maximum atomic E-state index is 12.7. The molecule has 0 spiro atoms. The van der Waals surface area contributed by atoms with Crippen LogP contribution in [0.15, 0.2) is 42.7 Å². The second-order valence-electron chi connectivity index (χ2n) is 5.53. The number of imidazole rings is 1. The average Bonchev–Trinajstić information content (AvgIpc) is 3.25. The molecule has 1 aromatic carbocycles. The van der Waals surface area contributed by atoms with Gasteiger partial charge < -0.3 is 14.6 Å². The Morgan fingerprint density at radius 3 is 2.91 bits per heavy atom. The Balaban J connectivity index is 1.66. The fourth-order valence-corrected chi connectivity index (χ4v) is 2.72. The van der Waals surface area contributed by atoms with E-state index in [1.807, 2.05) is 23.1 Å². The van der Waals surface area contributed by atoms with Crippen molar-refractivity contribution in [3.8, 4) is 0 Å². The molecule has 0 aliphatic carbocycles. The Labute approximate surface area is 130 Å². The van der Waals surface area contributed by atoms with Gasteiger partial charge in [-0.05, 0) is 24.8 Å². The zero-order valence-corrected chi connectivity index (χ0v) is 12.6. The van der Waals surface area contributed by atoms with Crippen LogP contribution in [-0.4, -0.2) is 40.0 Å². The first kappa shape index (κ1) is 14.8. The number of carbonyl (C=O) groups is 1. The Morgan fingerprint density at radius 2 is 2.23 bits per heavy atom. The minimum Gasteiger partial charge on any atom is -0.368 e. The zero-order valence-electron chi connectivity index (χ0n) is 12.6. The van der Waals surface area contributed by atoms with Gasteiger partial charge in [0.2, 0.25) is 0 Å². The van der Waals surface area contributed by atoms with E-state index in [1.54, 1.807) is 12.4 Å². The monoisotopic (exact) mass is 299 g/mol. The Kier molecular flexibility index (Phi) is 4.85. The van der Waals surface area contributed by atoms with Crippen molar-refractivity contribution in [2.45, 2.75) is 31.9 Å². The normalized spacial score (nSPS) is 17.5. The molecule has 2 heterocycles. The van der Waals surface area contributed by atoms with Crippen molar-refractivity contribution >= 4 is 5.91 Å². The molecule has 22 heavy (non-hydrogen) atoms. The summed E-state index contributed by atoms with van der Waals surface area (Å²) in [7, 11) is 0. The molecule has 2 aromatic rings. The SMILES string of the molecule is O=C(C1CCCO1)N(CCc1ccccc1)Cc1ncc[nH]1. The highest BCUT2D eigenvalue weighted by molar-refractivity contribution is 5.81. The van der Waals surface area contributed by atoms with Gasteiger partial charge in [0.1, 0.15) is 11.9 Å². The number of hydrogen-bond donors (Lipinski definition) is 1. The summed E-state index contributed by atoms with van der Waals surface area (Å²) >= 11 is 0. The smallest absolute Gasteiger partial charge is 0.252 e. The van der Waals surface area contributed by atoms with Gasteiger partial charge in [0.15, 0.2) is 0 Å². The number of aromatic nitrogens is 2. The Bertz CT molecular complexity index is 577. The second-order valence-corrected chi connectivity index (χ2v) is 5.53. The molecule has 3 rings (SSSR count). The van der Waals surface area contributed by atoms with Crippen molar-refractivity contribution < 1.29 is 9.53 Å². The lowest BCUT2D eigenvalue weighted by molar-refractivity contribution is -0.141. The second kappa shape index (κ2) is 7.22. The molecule has 1 amide bonds. The van der Waals surface area contributed by atoms with Crippen molar-refractivity contribution in [2.75, 3.05) is 13.2 Å². The molecular weight excluding hydrogens is 278 g/mol. The lowest BCUT2D eigenvalue weighted by Gasteiger charge is -2.24. The number of amides is 1. The third kappa shape index (κ3) is 3.74. The van der Waals surface area contributed by atoms with Crippen molar-refractivity contribution in [3.05, 3.63) is 54.1 Å². The number of ether oxygens (including phenoxy) is 1. The van der Waals surface area contributed by atoms with E-state index >= 15 is 0 Å². The van der Waals surface area contributed by atoms with Gasteiger partial charge in [-0.1, -0.05) is 30.3 Å². The van der Waals surface area contributed by atoms with Crippen LogP contribution in [0.5, 0.6) is 0 Å². The first-order valence-corrected chi connectivity index (χ1v) is 7.75. The van der Waals surface area contributed by atoms with Gasteiger partial charge in [-0.3, -0.25) is 4.79 Å². The van der Waals surface area contributed by atoms with Gasteiger partial charge in [0.05, 0.1) is 6.54 Å². The summed E-state index contributed by atoms with van der Waals surface area (Å²) in [6, 6.07) is 10.2. The van der Waals surface area contributed by atoms with Gasteiger partial charge in [0.25, 0.3) is 5.91 Å². The molecule has 0 bridgehead atoms. The van der Waals surface area contributed by atoms with Crippen molar-refractivity contribution in [3.63, 3.8) is 0 Å². The lowest BCUT2D eigenvalue weighted by Crippen LogP contribution is -2.40. The number of aromatic amines is 1. The molecule has 116 valence electrons. The molecule has 5 heteroatoms. The fourth-order valence-electron chi connectivity index (χ4n) is 2.72. The third-order valence-corrected chi connectivity index (χ3v) is 3.93. The zero-order chi connectivity index (χ0) is 15.2. The van der Waals surface area contributed by atoms with Crippen molar-refractivity contribution in [1.29, 1.82) is 0 Å². The number of nitrogens with zero attached hydrogens (tertiary/aromatic N) is 2. The Hall–Kier alpha value is -2.14. The predicted molar refractivity (Wildman–Crippen MR) is 83.1 cm³/mol. The molecular formula is C17H21N3O2. The van der Waals surface area contributed by atoms with E-state index in [1.165, 1.54) is 5.56 Å². The van der Waals surface area contributed by atoms with Crippen LogP contribution in [0.1, 0.15) is 24.2 Å². The van der Waals surface area contributed by atoms with Crippen LogP contribution in [0.25, 0.3) is 0 Å². The predicted octanol–water partition coefficient (Wildman–Crippen LogP) is 2.16. The highest BCUT2D eigenvalue weighted by atomic mass is 16.5. The van der Waals surface area contributed by atoms with E-state index in [0.29, 0.717) is 19.7 Å². The molecule has 1 aliphatic heterocycles. The number of hydrogen-bond acceptors (Lipinski definition) is 3. The van der Waals surface area contributed by atoms with Crippen molar-refractivity contribution in [2.24, 2.45) is 0 Å². The van der Waals surface area contributed by atoms with E-state index < -0.39 is 0 Å². The number of benzene rings is 1. The summed E-state index contributed by atoms with van der Waals surface area (Å²) in [6.07, 6.45) is 5.82. The summed E-state index contributed by atoms with van der Waals surface area (Å²) in [4.78, 5) is 21.8. The average molecular weight is 299 g/mol. The highest BCUT2D eigenvalue weighted by Gasteiger charge is 2.28. The van der Waals surface area contributed by atoms with Crippen LogP contribution in [0, 0.1) is 0 Å². The number of H-pyrrole nitrogens is 1. The van der Waals surface area contributed by atoms with Crippen LogP contribution in [0.4, 0.5) is 0 Å². The van der Waals surface area contributed by atoms with Gasteiger partial charge >= 0.3 is 0 Å². The largest absolute Gasteiger partial charge is 0.368 e. The third-order valence-electron chi connectivity index (χ3n) is 3.93. The minimum absolute atomic E-state index is 0.0739. The lowest BCUT2D eigenvalue weighted by atomic mass is 10.1. The van der Waals surface area contributed by atoms with E-state index in [9.17, 15) is 4.79 Å². The first-order valence-electron chi connectivity index (χ1n) is 7.75. The number of rotatable bonds is 6. The highest BCUT2D eigenvalue weighted by Crippen LogP contribution is 2.16. The molecule has 5 nitrogen and oxygen atoms in total. The summed E-state index contributed by atoms with van der Waals surface area (Å²) in [6.45, 7) is 1.85. The van der Waals surface area contributed by atoms with Crippen LogP contribution in [0.2, 0.25) is 0 Å². The Morgan fingerprint density at radius 1 is 1.36 bits per heavy atom. The van der Waals surface area contributed by atoms with Crippen molar-refractivity contribution in [1.82, 2.24) is 14.9 Å². The molecule has 1 unspecified atom stereocenters. The quantitative estimate of drug-likeness (QED) is 0.889.